The number of likely N-dealkylation sites (tertiary alicyclic amines) is 1. The van der Waals surface area contributed by atoms with E-state index in [2.05, 4.69) is 10.1 Å². The molecule has 2 unspecified atom stereocenters. The molecule has 3 rings (SSSR count). The predicted octanol–water partition coefficient (Wildman–Crippen LogP) is 3.62. The molecule has 28 heavy (non-hydrogen) atoms. The van der Waals surface area contributed by atoms with Crippen LogP contribution in [0.4, 0.5) is 0 Å². The zero-order valence-electron chi connectivity index (χ0n) is 16.4. The number of rotatable bonds is 6. The van der Waals surface area contributed by atoms with Crippen LogP contribution < -0.4 is 0 Å². The van der Waals surface area contributed by atoms with Crippen LogP contribution in [-0.2, 0) is 15.3 Å². The summed E-state index contributed by atoms with van der Waals surface area (Å²) in [6.45, 7) is 5.60. The quantitative estimate of drug-likeness (QED) is 0.538. The van der Waals surface area contributed by atoms with Crippen molar-refractivity contribution in [3.8, 4) is 0 Å². The number of benzene rings is 1. The first-order valence-electron chi connectivity index (χ1n) is 9.45. The molecule has 2 atom stereocenters. The van der Waals surface area contributed by atoms with Gasteiger partial charge in [0.05, 0.1) is 11.3 Å². The van der Waals surface area contributed by atoms with E-state index < -0.39 is 5.97 Å². The van der Waals surface area contributed by atoms with E-state index in [4.69, 9.17) is 9.26 Å². The summed E-state index contributed by atoms with van der Waals surface area (Å²) in [6.07, 6.45) is 3.09. The lowest BCUT2D eigenvalue weighted by molar-refractivity contribution is -0.140. The first kappa shape index (κ1) is 20.4. The van der Waals surface area contributed by atoms with Crippen LogP contribution in [0.1, 0.15) is 55.2 Å². The first-order chi connectivity index (χ1) is 13.5. The predicted molar refractivity (Wildman–Crippen MR) is 105 cm³/mol. The molecule has 150 valence electrons. The zero-order valence-corrected chi connectivity index (χ0v) is 17.2. The summed E-state index contributed by atoms with van der Waals surface area (Å²) in [7, 11) is 0. The number of hydrogen-bond acceptors (Lipinski definition) is 7. The Morgan fingerprint density at radius 2 is 1.96 bits per heavy atom. The van der Waals surface area contributed by atoms with Gasteiger partial charge in [0.1, 0.15) is 0 Å². The van der Waals surface area contributed by atoms with Crippen molar-refractivity contribution >= 4 is 23.6 Å². The maximum atomic E-state index is 12.6. The Balaban J connectivity index is 1.60. The summed E-state index contributed by atoms with van der Waals surface area (Å²) in [5.41, 5.74) is 0.427. The molecule has 1 aliphatic heterocycles. The molecule has 8 heteroatoms. The fraction of sp³-hybridized carbons (Fsp3) is 0.500. The van der Waals surface area contributed by atoms with Crippen molar-refractivity contribution in [1.29, 1.82) is 0 Å². The Morgan fingerprint density at radius 3 is 2.64 bits per heavy atom. The van der Waals surface area contributed by atoms with E-state index in [1.54, 1.807) is 19.1 Å². The number of carbonyl (C=O) groups excluding carboxylic acids is 2. The number of hydrogen-bond donors (Lipinski definition) is 0. The molecule has 0 N–H and O–H groups in total. The van der Waals surface area contributed by atoms with E-state index in [0.29, 0.717) is 23.0 Å². The maximum absolute atomic E-state index is 12.6. The van der Waals surface area contributed by atoms with Gasteiger partial charge in [-0.25, -0.2) is 4.79 Å². The van der Waals surface area contributed by atoms with Gasteiger partial charge in [0.2, 0.25) is 5.89 Å². The molecule has 0 spiro atoms. The molecule has 0 saturated carbocycles. The Bertz CT molecular complexity index is 828. The minimum atomic E-state index is -0.504. The number of carbonyl (C=O) groups is 2. The lowest BCUT2D eigenvalue weighted by atomic mass is 9.97. The van der Waals surface area contributed by atoms with E-state index in [1.165, 1.54) is 11.8 Å². The third kappa shape index (κ3) is 4.92. The highest BCUT2D eigenvalue weighted by atomic mass is 32.2. The second kappa shape index (κ2) is 9.23. The van der Waals surface area contributed by atoms with Gasteiger partial charge >= 0.3 is 5.97 Å². The van der Waals surface area contributed by atoms with Crippen LogP contribution in [0.5, 0.6) is 0 Å². The number of amides is 1. The fourth-order valence-electron chi connectivity index (χ4n) is 3.49. The van der Waals surface area contributed by atoms with Crippen LogP contribution in [0.3, 0.4) is 0 Å². The molecule has 2 aromatic rings. The number of piperidine rings is 1. The van der Waals surface area contributed by atoms with E-state index in [1.807, 2.05) is 30.9 Å². The van der Waals surface area contributed by atoms with Crippen LogP contribution in [-0.4, -0.2) is 45.6 Å². The van der Waals surface area contributed by atoms with Crippen molar-refractivity contribution in [2.24, 2.45) is 0 Å². The largest absolute Gasteiger partial charge is 0.452 e. The highest BCUT2D eigenvalue weighted by molar-refractivity contribution is 7.98. The lowest BCUT2D eigenvalue weighted by Crippen LogP contribution is -2.49. The summed E-state index contributed by atoms with van der Waals surface area (Å²) < 4.78 is 10.4. The van der Waals surface area contributed by atoms with Gasteiger partial charge in [0.25, 0.3) is 5.91 Å². The molecule has 0 bridgehead atoms. The zero-order chi connectivity index (χ0) is 20.1. The van der Waals surface area contributed by atoms with Crippen LogP contribution in [0.2, 0.25) is 0 Å². The van der Waals surface area contributed by atoms with Gasteiger partial charge in [0, 0.05) is 17.0 Å². The van der Waals surface area contributed by atoms with Gasteiger partial charge in [-0.05, 0) is 52.2 Å². The molecule has 1 amide bonds. The lowest BCUT2D eigenvalue weighted by Gasteiger charge is -2.38. The van der Waals surface area contributed by atoms with Crippen LogP contribution in [0.15, 0.2) is 33.7 Å². The van der Waals surface area contributed by atoms with Gasteiger partial charge in [-0.1, -0.05) is 17.3 Å². The summed E-state index contributed by atoms with van der Waals surface area (Å²) in [5.74, 6) is 0.874. The van der Waals surface area contributed by atoms with Crippen LogP contribution >= 0.6 is 11.8 Å². The van der Waals surface area contributed by atoms with Crippen molar-refractivity contribution in [2.75, 3.05) is 6.61 Å². The smallest absolute Gasteiger partial charge is 0.339 e. The normalized spacial score (nSPS) is 19.5. The number of aromatic nitrogens is 2. The van der Waals surface area contributed by atoms with E-state index in [9.17, 15) is 9.59 Å². The van der Waals surface area contributed by atoms with Crippen molar-refractivity contribution in [3.05, 3.63) is 41.5 Å². The second-order valence-corrected chi connectivity index (χ2v) is 8.04. The third-order valence-electron chi connectivity index (χ3n) is 4.84. The Labute approximate surface area is 168 Å². The van der Waals surface area contributed by atoms with Crippen molar-refractivity contribution in [3.63, 3.8) is 0 Å². The summed E-state index contributed by atoms with van der Waals surface area (Å²) in [6, 6.07) is 7.50. The summed E-state index contributed by atoms with van der Waals surface area (Å²) >= 11 is 1.41. The van der Waals surface area contributed by atoms with E-state index >= 15 is 0 Å². The number of esters is 1. The molecule has 1 saturated heterocycles. The molecular weight excluding hydrogens is 378 g/mol. The van der Waals surface area contributed by atoms with Crippen molar-refractivity contribution in [1.82, 2.24) is 15.0 Å². The fourth-order valence-corrected chi connectivity index (χ4v) is 4.37. The van der Waals surface area contributed by atoms with Gasteiger partial charge in [-0.2, -0.15) is 4.98 Å². The Kier molecular flexibility index (Phi) is 6.72. The van der Waals surface area contributed by atoms with Crippen LogP contribution in [0.25, 0.3) is 0 Å². The topological polar surface area (TPSA) is 85.5 Å². The molecule has 1 aromatic carbocycles. The number of aryl methyl sites for hydroxylation is 1. The maximum Gasteiger partial charge on any atom is 0.339 e. The minimum absolute atomic E-state index is 0.139. The molecule has 1 aliphatic rings. The summed E-state index contributed by atoms with van der Waals surface area (Å²) in [4.78, 5) is 31.9. The van der Waals surface area contributed by atoms with E-state index in [0.717, 1.165) is 24.2 Å². The molecule has 7 nitrogen and oxygen atoms in total. The van der Waals surface area contributed by atoms with Crippen molar-refractivity contribution < 1.29 is 18.8 Å². The number of ether oxygens (including phenoxy) is 1. The molecule has 0 radical (unpaired) electrons. The average molecular weight is 404 g/mol. The molecule has 0 aliphatic carbocycles. The van der Waals surface area contributed by atoms with E-state index in [-0.39, 0.29) is 24.6 Å². The number of nitrogens with zero attached hydrogens (tertiary/aromatic N) is 3. The second-order valence-electron chi connectivity index (χ2n) is 7.03. The Morgan fingerprint density at radius 1 is 1.25 bits per heavy atom. The highest BCUT2D eigenvalue weighted by Gasteiger charge is 2.29. The third-order valence-corrected chi connectivity index (χ3v) is 5.89. The molecule has 2 heterocycles. The van der Waals surface area contributed by atoms with Gasteiger partial charge in [-0.15, -0.1) is 11.8 Å². The average Bonchev–Trinajstić information content (AvgIpc) is 3.10. The first-order valence-corrected chi connectivity index (χ1v) is 10.4. The number of thioether (sulfide) groups is 1. The minimum Gasteiger partial charge on any atom is -0.452 e. The standard InChI is InChI=1S/C20H25N3O4S/c1-13-7-6-8-14(2)23(13)19(24)11-26-20(25)16-9-4-5-10-17(16)28-12-18-21-15(3)22-27-18/h4-5,9-10,13-14H,6-8,11-12H2,1-3H3. The molecular formula is C20H25N3O4S. The SMILES string of the molecule is Cc1noc(CSc2ccccc2C(=O)OCC(=O)N2C(C)CCCC2C)n1. The van der Waals surface area contributed by atoms with Gasteiger partial charge < -0.3 is 14.2 Å². The van der Waals surface area contributed by atoms with Crippen molar-refractivity contribution in [2.45, 2.75) is 62.8 Å². The molecule has 1 aromatic heterocycles. The summed E-state index contributed by atoms with van der Waals surface area (Å²) in [5, 5.41) is 3.76. The van der Waals surface area contributed by atoms with Gasteiger partial charge in [0.15, 0.2) is 12.4 Å². The van der Waals surface area contributed by atoms with Crippen LogP contribution in [0, 0.1) is 6.92 Å². The molecule has 1 fully saturated rings. The Hall–Kier alpha value is -2.35. The van der Waals surface area contributed by atoms with Gasteiger partial charge in [-0.3, -0.25) is 4.79 Å². The highest BCUT2D eigenvalue weighted by Crippen LogP contribution is 2.27. The monoisotopic (exact) mass is 403 g/mol.